The first kappa shape index (κ1) is 8.20. The van der Waals surface area contributed by atoms with Crippen LogP contribution >= 0.6 is 19.8 Å². The van der Waals surface area contributed by atoms with Gasteiger partial charge in [0, 0.05) is 0 Å². The van der Waals surface area contributed by atoms with Gasteiger partial charge >= 0.3 is 56.7 Å². The van der Waals surface area contributed by atoms with Gasteiger partial charge in [-0.25, -0.2) is 0 Å². The van der Waals surface area contributed by atoms with E-state index in [9.17, 15) is 4.79 Å². The van der Waals surface area contributed by atoms with E-state index < -0.39 is 19.8 Å². The fourth-order valence-corrected chi connectivity index (χ4v) is 1.16. The van der Waals surface area contributed by atoms with E-state index in [-0.39, 0.29) is 3.98 Å². The second-order valence-corrected chi connectivity index (χ2v) is 6.62. The summed E-state index contributed by atoms with van der Waals surface area (Å²) in [6.07, 6.45) is 0. The van der Waals surface area contributed by atoms with Crippen LogP contribution in [0.4, 0.5) is 4.79 Å². The summed E-state index contributed by atoms with van der Waals surface area (Å²) >= 11 is -1.29. The molecular formula is C5H11IO2. The Hall–Kier alpha value is 0.200. The van der Waals surface area contributed by atoms with Crippen LogP contribution in [0.15, 0.2) is 0 Å². The first-order chi connectivity index (χ1) is 3.68. The molecule has 0 saturated heterocycles. The van der Waals surface area contributed by atoms with Gasteiger partial charge in [-0.3, -0.25) is 0 Å². The molecule has 0 bridgehead atoms. The van der Waals surface area contributed by atoms with Gasteiger partial charge in [-0.2, -0.15) is 0 Å². The van der Waals surface area contributed by atoms with Crippen LogP contribution in [0.3, 0.4) is 0 Å². The zero-order valence-corrected chi connectivity index (χ0v) is 7.56. The number of carbonyl (C=O) groups excluding carboxylic acids is 1. The number of hydrogen-bond donors (Lipinski definition) is 0. The molecule has 0 aromatic heterocycles. The Balaban J connectivity index is 3.33. The maximum absolute atomic E-state index is 10.6. The molecule has 0 aliphatic carbocycles. The molecule has 0 heterocycles. The zero-order valence-electron chi connectivity index (χ0n) is 5.40. The van der Waals surface area contributed by atoms with Crippen LogP contribution in [-0.2, 0) is 4.74 Å². The van der Waals surface area contributed by atoms with E-state index in [4.69, 9.17) is 4.74 Å². The molecule has 0 aliphatic rings. The van der Waals surface area contributed by atoms with Crippen molar-refractivity contribution in [2.45, 2.75) is 6.92 Å². The van der Waals surface area contributed by atoms with Crippen molar-refractivity contribution < 1.29 is 9.53 Å². The van der Waals surface area contributed by atoms with Gasteiger partial charge < -0.3 is 0 Å². The number of rotatable bonds is 2. The van der Waals surface area contributed by atoms with E-state index in [1.807, 2.05) is 16.8 Å². The molecule has 0 unspecified atom stereocenters. The van der Waals surface area contributed by atoms with Crippen LogP contribution in [0, 0.1) is 0 Å². The summed E-state index contributed by atoms with van der Waals surface area (Å²) in [6.45, 7) is 2.35. The van der Waals surface area contributed by atoms with Gasteiger partial charge in [-0.15, -0.1) is 0 Å². The van der Waals surface area contributed by atoms with Gasteiger partial charge in [0.1, 0.15) is 0 Å². The van der Waals surface area contributed by atoms with E-state index in [0.717, 1.165) is 0 Å². The van der Waals surface area contributed by atoms with Crippen LogP contribution in [0.2, 0.25) is 0 Å². The predicted octanol–water partition coefficient (Wildman–Crippen LogP) is 1.91. The molecule has 0 aromatic carbocycles. The summed E-state index contributed by atoms with van der Waals surface area (Å²) in [5.41, 5.74) is 0. The SMILES string of the molecule is CCOC(=O)I(C)C. The number of alkyl halides is 2. The first-order valence-electron chi connectivity index (χ1n) is 2.35. The molecular weight excluding hydrogens is 219 g/mol. The Morgan fingerprint density at radius 1 is 1.62 bits per heavy atom. The van der Waals surface area contributed by atoms with Crippen molar-refractivity contribution in [3.05, 3.63) is 0 Å². The van der Waals surface area contributed by atoms with Gasteiger partial charge in [0.15, 0.2) is 0 Å². The van der Waals surface area contributed by atoms with Crippen molar-refractivity contribution >= 4 is 23.8 Å². The fourth-order valence-electron chi connectivity index (χ4n) is 0.223. The maximum atomic E-state index is 10.6. The number of hydrogen-bond acceptors (Lipinski definition) is 2. The molecule has 0 N–H and O–H groups in total. The molecule has 0 radical (unpaired) electrons. The summed E-state index contributed by atoms with van der Waals surface area (Å²) in [4.78, 5) is 14.5. The van der Waals surface area contributed by atoms with Crippen LogP contribution in [-0.4, -0.2) is 20.4 Å². The van der Waals surface area contributed by atoms with E-state index in [2.05, 4.69) is 0 Å². The van der Waals surface area contributed by atoms with Crippen molar-refractivity contribution in [2.75, 3.05) is 16.5 Å². The molecule has 0 rings (SSSR count). The van der Waals surface area contributed by atoms with Gasteiger partial charge in [-0.05, 0) is 0 Å². The number of halogens is 1. The molecule has 0 fully saturated rings. The molecule has 2 nitrogen and oxygen atoms in total. The summed E-state index contributed by atoms with van der Waals surface area (Å²) in [6, 6.07) is 0. The third-order valence-electron chi connectivity index (χ3n) is 0.566. The Morgan fingerprint density at radius 3 is 2.25 bits per heavy atom. The third-order valence-corrected chi connectivity index (χ3v) is 2.64. The van der Waals surface area contributed by atoms with E-state index in [1.165, 1.54) is 0 Å². The van der Waals surface area contributed by atoms with Crippen molar-refractivity contribution in [3.8, 4) is 0 Å². The summed E-state index contributed by atoms with van der Waals surface area (Å²) < 4.78 is 4.77. The average Bonchev–Trinajstić information content (AvgIpc) is 1.67. The molecule has 0 atom stereocenters. The molecule has 0 spiro atoms. The fraction of sp³-hybridized carbons (Fsp3) is 0.800. The quantitative estimate of drug-likeness (QED) is 0.411. The summed E-state index contributed by atoms with van der Waals surface area (Å²) in [5.74, 6) is 0. The van der Waals surface area contributed by atoms with Crippen LogP contribution in [0.1, 0.15) is 6.92 Å². The molecule has 0 aliphatic heterocycles. The molecule has 8 heavy (non-hydrogen) atoms. The Morgan fingerprint density at radius 2 is 2.12 bits per heavy atom. The second-order valence-electron chi connectivity index (χ2n) is 1.43. The van der Waals surface area contributed by atoms with Crippen LogP contribution in [0.5, 0.6) is 0 Å². The predicted molar refractivity (Wildman–Crippen MR) is 42.9 cm³/mol. The summed E-state index contributed by atoms with van der Waals surface area (Å²) in [7, 11) is 0. The van der Waals surface area contributed by atoms with Gasteiger partial charge in [0.2, 0.25) is 0 Å². The zero-order chi connectivity index (χ0) is 6.57. The Kier molecular flexibility index (Phi) is 4.22. The van der Waals surface area contributed by atoms with Crippen LogP contribution < -0.4 is 0 Å². The second kappa shape index (κ2) is 4.12. The number of ether oxygens (including phenoxy) is 1. The topological polar surface area (TPSA) is 26.3 Å². The van der Waals surface area contributed by atoms with Crippen molar-refractivity contribution in [3.63, 3.8) is 0 Å². The molecule has 3 heteroatoms. The third kappa shape index (κ3) is 3.23. The van der Waals surface area contributed by atoms with E-state index in [0.29, 0.717) is 6.61 Å². The standard InChI is InChI=1S/C5H11IO2/c1-4-8-5(7)6(2)3/h4H2,1-3H3. The van der Waals surface area contributed by atoms with Gasteiger partial charge in [0.05, 0.1) is 0 Å². The van der Waals surface area contributed by atoms with Gasteiger partial charge in [0.25, 0.3) is 0 Å². The normalized spacial score (nSPS) is 10.6. The van der Waals surface area contributed by atoms with Crippen LogP contribution in [0.25, 0.3) is 0 Å². The summed E-state index contributed by atoms with van der Waals surface area (Å²) in [5, 5.41) is 0. The van der Waals surface area contributed by atoms with Crippen molar-refractivity contribution in [1.29, 1.82) is 0 Å². The molecule has 0 amide bonds. The van der Waals surface area contributed by atoms with Crippen molar-refractivity contribution in [2.24, 2.45) is 0 Å². The van der Waals surface area contributed by atoms with E-state index in [1.54, 1.807) is 0 Å². The Labute approximate surface area is 57.0 Å². The minimum atomic E-state index is -1.29. The Bertz CT molecular complexity index is 80.5. The van der Waals surface area contributed by atoms with Gasteiger partial charge in [-0.1, -0.05) is 0 Å². The van der Waals surface area contributed by atoms with E-state index >= 15 is 0 Å². The average molecular weight is 230 g/mol. The van der Waals surface area contributed by atoms with Crippen molar-refractivity contribution in [1.82, 2.24) is 0 Å². The first-order valence-corrected chi connectivity index (χ1v) is 7.74. The monoisotopic (exact) mass is 230 g/mol. The molecule has 0 aromatic rings. The molecule has 50 valence electrons. The molecule has 0 saturated carbocycles. The number of carbonyl (C=O) groups is 1. The minimum absolute atomic E-state index is 0.0386.